The predicted molar refractivity (Wildman–Crippen MR) is 112 cm³/mol. The highest BCUT2D eigenvalue weighted by Crippen LogP contribution is 2.16. The molecule has 1 aromatic carbocycles. The average molecular weight is 445 g/mol. The topological polar surface area (TPSA) is 122 Å². The molecule has 0 aliphatic carbocycles. The monoisotopic (exact) mass is 445 g/mol. The minimum atomic E-state index is -3.96. The summed E-state index contributed by atoms with van der Waals surface area (Å²) in [6.45, 7) is 3.15. The zero-order valence-corrected chi connectivity index (χ0v) is 17.9. The molecule has 10 heteroatoms. The Labute approximate surface area is 180 Å². The van der Waals surface area contributed by atoms with Crippen LogP contribution in [0.3, 0.4) is 0 Å². The van der Waals surface area contributed by atoms with Gasteiger partial charge in [0.05, 0.1) is 36.6 Å². The van der Waals surface area contributed by atoms with E-state index in [2.05, 4.69) is 10.0 Å². The maximum atomic E-state index is 13.0. The maximum absolute atomic E-state index is 13.0. The Morgan fingerprint density at radius 1 is 0.968 bits per heavy atom. The second-order valence-electron chi connectivity index (χ2n) is 6.90. The van der Waals surface area contributed by atoms with Crippen molar-refractivity contribution in [2.24, 2.45) is 0 Å². The molecule has 0 radical (unpaired) electrons. The SMILES string of the molecule is CC(=O)Nc1ccc(S(=O)(=O)N[C@@H](C)C(=O)N(Cc2ccco2)Cc2ccco2)cc1. The predicted octanol–water partition coefficient (Wildman–Crippen LogP) is 2.73. The summed E-state index contributed by atoms with van der Waals surface area (Å²) in [6, 6.07) is 11.5. The number of furan rings is 2. The van der Waals surface area contributed by atoms with Crippen molar-refractivity contribution < 1.29 is 26.8 Å². The molecule has 0 unspecified atom stereocenters. The van der Waals surface area contributed by atoms with Crippen molar-refractivity contribution in [2.75, 3.05) is 5.32 Å². The normalized spacial score (nSPS) is 12.3. The molecule has 2 amide bonds. The lowest BCUT2D eigenvalue weighted by Gasteiger charge is -2.24. The van der Waals surface area contributed by atoms with Gasteiger partial charge in [0.25, 0.3) is 0 Å². The van der Waals surface area contributed by atoms with E-state index in [1.165, 1.54) is 55.5 Å². The van der Waals surface area contributed by atoms with Gasteiger partial charge in [-0.25, -0.2) is 8.42 Å². The number of hydrogen-bond donors (Lipinski definition) is 2. The molecule has 1 atom stereocenters. The van der Waals surface area contributed by atoms with Gasteiger partial charge < -0.3 is 19.1 Å². The van der Waals surface area contributed by atoms with E-state index in [1.807, 2.05) is 0 Å². The molecule has 0 fully saturated rings. The Morgan fingerprint density at radius 3 is 1.97 bits per heavy atom. The summed E-state index contributed by atoms with van der Waals surface area (Å²) < 4.78 is 38.5. The van der Waals surface area contributed by atoms with Gasteiger partial charge in [0.1, 0.15) is 11.5 Å². The Kier molecular flexibility index (Phi) is 6.93. The summed E-state index contributed by atoms with van der Waals surface area (Å²) >= 11 is 0. The second-order valence-corrected chi connectivity index (χ2v) is 8.62. The van der Waals surface area contributed by atoms with Crippen LogP contribution in [0.25, 0.3) is 0 Å². The minimum Gasteiger partial charge on any atom is -0.467 e. The van der Waals surface area contributed by atoms with Crippen LogP contribution in [0.15, 0.2) is 74.8 Å². The number of nitrogens with one attached hydrogen (secondary N) is 2. The smallest absolute Gasteiger partial charge is 0.241 e. The number of amides is 2. The first-order chi connectivity index (χ1) is 14.7. The third kappa shape index (κ3) is 6.06. The summed E-state index contributed by atoms with van der Waals surface area (Å²) in [4.78, 5) is 25.6. The van der Waals surface area contributed by atoms with Gasteiger partial charge >= 0.3 is 0 Å². The van der Waals surface area contributed by atoms with Gasteiger partial charge in [-0.3, -0.25) is 9.59 Å². The summed E-state index contributed by atoms with van der Waals surface area (Å²) in [5.74, 6) is 0.416. The third-order valence-electron chi connectivity index (χ3n) is 4.35. The molecule has 31 heavy (non-hydrogen) atoms. The van der Waals surface area contributed by atoms with E-state index in [9.17, 15) is 18.0 Å². The second kappa shape index (κ2) is 9.63. The van der Waals surface area contributed by atoms with Gasteiger partial charge in [-0.15, -0.1) is 0 Å². The van der Waals surface area contributed by atoms with Crippen LogP contribution in [0.5, 0.6) is 0 Å². The van der Waals surface area contributed by atoms with Crippen LogP contribution in [0, 0.1) is 0 Å². The number of carbonyl (C=O) groups excluding carboxylic acids is 2. The molecule has 0 bridgehead atoms. The first-order valence-corrected chi connectivity index (χ1v) is 11.0. The first kappa shape index (κ1) is 22.3. The molecule has 9 nitrogen and oxygen atoms in total. The van der Waals surface area contributed by atoms with Crippen LogP contribution >= 0.6 is 0 Å². The van der Waals surface area contributed by atoms with Gasteiger partial charge in [0, 0.05) is 12.6 Å². The van der Waals surface area contributed by atoms with E-state index in [1.54, 1.807) is 24.3 Å². The molecule has 0 aliphatic rings. The van der Waals surface area contributed by atoms with Crippen LogP contribution in [-0.2, 0) is 32.7 Å². The molecular weight excluding hydrogens is 422 g/mol. The fourth-order valence-corrected chi connectivity index (χ4v) is 4.14. The fraction of sp³-hybridized carbons (Fsp3) is 0.238. The van der Waals surface area contributed by atoms with Crippen LogP contribution in [0.1, 0.15) is 25.4 Å². The molecule has 2 aromatic heterocycles. The van der Waals surface area contributed by atoms with Gasteiger partial charge in [0.2, 0.25) is 21.8 Å². The number of carbonyl (C=O) groups is 2. The van der Waals surface area contributed by atoms with Gasteiger partial charge in [-0.2, -0.15) is 4.72 Å². The highest BCUT2D eigenvalue weighted by atomic mass is 32.2. The molecule has 0 spiro atoms. The van der Waals surface area contributed by atoms with Gasteiger partial charge in [-0.05, 0) is 55.5 Å². The molecule has 3 aromatic rings. The lowest BCUT2D eigenvalue weighted by molar-refractivity contribution is -0.134. The van der Waals surface area contributed by atoms with Crippen molar-refractivity contribution in [1.82, 2.24) is 9.62 Å². The van der Waals surface area contributed by atoms with Crippen LogP contribution in [-0.4, -0.2) is 31.2 Å². The molecular formula is C21H23N3O6S. The number of sulfonamides is 1. The lowest BCUT2D eigenvalue weighted by atomic mass is 10.2. The van der Waals surface area contributed by atoms with Gasteiger partial charge in [0.15, 0.2) is 0 Å². The Balaban J connectivity index is 1.73. The zero-order chi connectivity index (χ0) is 22.4. The molecule has 164 valence electrons. The molecule has 2 heterocycles. The van der Waals surface area contributed by atoms with E-state index in [-0.39, 0.29) is 23.9 Å². The van der Waals surface area contributed by atoms with Crippen molar-refractivity contribution in [3.63, 3.8) is 0 Å². The largest absolute Gasteiger partial charge is 0.467 e. The number of anilines is 1. The number of rotatable bonds is 9. The Morgan fingerprint density at radius 2 is 1.52 bits per heavy atom. The first-order valence-electron chi connectivity index (χ1n) is 9.48. The highest BCUT2D eigenvalue weighted by Gasteiger charge is 2.27. The highest BCUT2D eigenvalue weighted by molar-refractivity contribution is 7.89. The van der Waals surface area contributed by atoms with Crippen molar-refractivity contribution in [1.29, 1.82) is 0 Å². The van der Waals surface area contributed by atoms with Crippen molar-refractivity contribution in [3.05, 3.63) is 72.6 Å². The molecule has 0 saturated carbocycles. The Hall–Kier alpha value is -3.37. The van der Waals surface area contributed by atoms with E-state index in [0.29, 0.717) is 17.2 Å². The molecule has 0 saturated heterocycles. The number of hydrogen-bond acceptors (Lipinski definition) is 6. The summed E-state index contributed by atoms with van der Waals surface area (Å²) in [5.41, 5.74) is 0.471. The van der Waals surface area contributed by atoms with Crippen LogP contribution in [0.4, 0.5) is 5.69 Å². The lowest BCUT2D eigenvalue weighted by Crippen LogP contribution is -2.46. The van der Waals surface area contributed by atoms with Crippen molar-refractivity contribution >= 4 is 27.5 Å². The summed E-state index contributed by atoms with van der Waals surface area (Å²) in [7, 11) is -3.96. The third-order valence-corrected chi connectivity index (χ3v) is 5.91. The number of nitrogens with zero attached hydrogens (tertiary/aromatic N) is 1. The standard InChI is InChI=1S/C21H23N3O6S/c1-15(23-31(27,28)20-9-7-17(8-10-20)22-16(2)25)21(26)24(13-18-5-3-11-29-18)14-19-6-4-12-30-19/h3-12,15,23H,13-14H2,1-2H3,(H,22,25)/t15-/m0/s1. The molecule has 3 rings (SSSR count). The van der Waals surface area contributed by atoms with Crippen LogP contribution in [0.2, 0.25) is 0 Å². The maximum Gasteiger partial charge on any atom is 0.241 e. The van der Waals surface area contributed by atoms with Crippen molar-refractivity contribution in [2.45, 2.75) is 37.9 Å². The number of benzene rings is 1. The van der Waals surface area contributed by atoms with E-state index < -0.39 is 22.0 Å². The van der Waals surface area contributed by atoms with Crippen LogP contribution < -0.4 is 10.0 Å². The minimum absolute atomic E-state index is 0.0233. The average Bonchev–Trinajstić information content (AvgIpc) is 3.41. The molecule has 2 N–H and O–H groups in total. The van der Waals surface area contributed by atoms with E-state index in [0.717, 1.165) is 0 Å². The quantitative estimate of drug-likeness (QED) is 0.522. The summed E-state index contributed by atoms with van der Waals surface area (Å²) in [6.07, 6.45) is 3.00. The van der Waals surface area contributed by atoms with Gasteiger partial charge in [-0.1, -0.05) is 0 Å². The molecule has 0 aliphatic heterocycles. The Bertz CT molecular complexity index is 1070. The summed E-state index contributed by atoms with van der Waals surface area (Å²) in [5, 5.41) is 2.57. The van der Waals surface area contributed by atoms with E-state index >= 15 is 0 Å². The fourth-order valence-electron chi connectivity index (χ4n) is 2.94. The van der Waals surface area contributed by atoms with Crippen molar-refractivity contribution in [3.8, 4) is 0 Å². The van der Waals surface area contributed by atoms with E-state index in [4.69, 9.17) is 8.83 Å². The zero-order valence-electron chi connectivity index (χ0n) is 17.1.